The molecule has 6 nitrogen and oxygen atoms in total. The van der Waals surface area contributed by atoms with E-state index in [0.29, 0.717) is 5.75 Å². The molecule has 94 valence electrons. The van der Waals surface area contributed by atoms with Crippen molar-refractivity contribution in [1.29, 1.82) is 0 Å². The second kappa shape index (κ2) is 5.53. The predicted molar refractivity (Wildman–Crippen MR) is 68.5 cm³/mol. The molecule has 1 atom stereocenters. The summed E-state index contributed by atoms with van der Waals surface area (Å²) in [4.78, 5) is 9.96. The molecule has 0 saturated carbocycles. The lowest BCUT2D eigenvalue weighted by molar-refractivity contribution is -0.384. The minimum Gasteiger partial charge on any atom is -0.426 e. The molecule has 0 amide bonds. The van der Waals surface area contributed by atoms with Crippen LogP contribution < -0.4 is 4.52 Å². The highest BCUT2D eigenvalue weighted by Gasteiger charge is 2.26. The molecule has 0 aliphatic rings. The van der Waals surface area contributed by atoms with Gasteiger partial charge in [-0.15, -0.1) is 0 Å². The Kier molecular flexibility index (Phi) is 4.56. The summed E-state index contributed by atoms with van der Waals surface area (Å²) >= 11 is 1.11. The third-order valence-corrected chi connectivity index (χ3v) is 6.46. The number of hydrogen-bond acceptors (Lipinski definition) is 5. The number of non-ortho nitro benzene ring substituents is 1. The predicted octanol–water partition coefficient (Wildman–Crippen LogP) is 3.01. The maximum Gasteiger partial charge on any atom is 0.376 e. The Morgan fingerprint density at radius 1 is 1.35 bits per heavy atom. The van der Waals surface area contributed by atoms with Gasteiger partial charge in [0.15, 0.2) is 0 Å². The van der Waals surface area contributed by atoms with Gasteiger partial charge in [0, 0.05) is 12.1 Å². The number of nitro groups is 1. The standard InChI is InChI=1S/C9H13N2O4PS/c1-10(2)16(14,17-3)15-9-6-4-8(5-7-9)11(12)13/h4-7H,1-3H3. The van der Waals surface area contributed by atoms with Gasteiger partial charge in [0.1, 0.15) is 5.75 Å². The van der Waals surface area contributed by atoms with E-state index in [0.717, 1.165) is 11.4 Å². The van der Waals surface area contributed by atoms with Gasteiger partial charge in [0.05, 0.1) is 4.92 Å². The Morgan fingerprint density at radius 3 is 2.24 bits per heavy atom. The molecule has 0 aromatic heterocycles. The maximum atomic E-state index is 12.2. The molecule has 0 N–H and O–H groups in total. The van der Waals surface area contributed by atoms with E-state index >= 15 is 0 Å². The Morgan fingerprint density at radius 2 is 1.88 bits per heavy atom. The minimum atomic E-state index is -2.95. The van der Waals surface area contributed by atoms with Gasteiger partial charge in [0.2, 0.25) is 0 Å². The topological polar surface area (TPSA) is 72.7 Å². The maximum absolute atomic E-state index is 12.2. The SMILES string of the molecule is CSP(=O)(Oc1ccc([N+](=O)[O-])cc1)N(C)C. The quantitative estimate of drug-likeness (QED) is 0.467. The molecule has 0 bridgehead atoms. The summed E-state index contributed by atoms with van der Waals surface area (Å²) in [7, 11) is 3.31. The summed E-state index contributed by atoms with van der Waals surface area (Å²) in [5.41, 5.74) is -0.0267. The zero-order valence-electron chi connectivity index (χ0n) is 9.69. The Balaban J connectivity index is 2.89. The molecule has 0 saturated heterocycles. The van der Waals surface area contributed by atoms with Crippen molar-refractivity contribution in [3.05, 3.63) is 34.4 Å². The van der Waals surface area contributed by atoms with Crippen molar-refractivity contribution in [2.24, 2.45) is 0 Å². The van der Waals surface area contributed by atoms with Crippen LogP contribution in [0, 0.1) is 10.1 Å². The molecular weight excluding hydrogens is 263 g/mol. The van der Waals surface area contributed by atoms with Crippen molar-refractivity contribution in [3.63, 3.8) is 0 Å². The summed E-state index contributed by atoms with van der Waals surface area (Å²) in [6, 6.07) is 5.50. The largest absolute Gasteiger partial charge is 0.426 e. The van der Waals surface area contributed by atoms with Crippen LogP contribution in [-0.2, 0) is 4.57 Å². The van der Waals surface area contributed by atoms with E-state index in [1.54, 1.807) is 20.4 Å². The van der Waals surface area contributed by atoms with Crippen molar-refractivity contribution in [1.82, 2.24) is 4.67 Å². The lowest BCUT2D eigenvalue weighted by Crippen LogP contribution is -2.10. The molecule has 0 spiro atoms. The first-order valence-electron chi connectivity index (χ1n) is 4.66. The molecule has 0 aliphatic carbocycles. The fourth-order valence-electron chi connectivity index (χ4n) is 1.04. The van der Waals surface area contributed by atoms with Crippen molar-refractivity contribution in [2.75, 3.05) is 20.4 Å². The molecule has 17 heavy (non-hydrogen) atoms. The molecule has 1 unspecified atom stereocenters. The normalized spacial score (nSPS) is 14.4. The summed E-state index contributed by atoms with van der Waals surface area (Å²) in [5, 5.41) is 10.5. The van der Waals surface area contributed by atoms with Crippen LogP contribution in [0.1, 0.15) is 0 Å². The summed E-state index contributed by atoms with van der Waals surface area (Å²) in [5.74, 6) is 0.349. The molecule has 0 radical (unpaired) electrons. The smallest absolute Gasteiger partial charge is 0.376 e. The molecule has 1 rings (SSSR count). The third kappa shape index (κ3) is 3.46. The zero-order valence-corrected chi connectivity index (χ0v) is 11.4. The van der Waals surface area contributed by atoms with Crippen LogP contribution >= 0.6 is 18.1 Å². The van der Waals surface area contributed by atoms with Gasteiger partial charge in [-0.05, 0) is 43.9 Å². The molecule has 0 aliphatic heterocycles. The van der Waals surface area contributed by atoms with E-state index in [9.17, 15) is 14.7 Å². The average Bonchev–Trinajstić information content (AvgIpc) is 2.29. The van der Waals surface area contributed by atoms with Crippen molar-refractivity contribution < 1.29 is 14.0 Å². The molecule has 0 heterocycles. The number of nitrogens with zero attached hydrogens (tertiary/aromatic N) is 2. The van der Waals surface area contributed by atoms with Crippen molar-refractivity contribution >= 4 is 23.8 Å². The molecule has 8 heteroatoms. The van der Waals surface area contributed by atoms with Crippen LogP contribution in [0.15, 0.2) is 24.3 Å². The second-order valence-electron chi connectivity index (χ2n) is 3.34. The number of hydrogen-bond donors (Lipinski definition) is 0. The fourth-order valence-corrected chi connectivity index (χ4v) is 3.46. The summed E-state index contributed by atoms with van der Waals surface area (Å²) in [6.07, 6.45) is 1.69. The third-order valence-electron chi connectivity index (χ3n) is 1.99. The first-order valence-corrected chi connectivity index (χ1v) is 8.07. The van der Waals surface area contributed by atoms with E-state index in [4.69, 9.17) is 4.52 Å². The van der Waals surface area contributed by atoms with E-state index < -0.39 is 11.6 Å². The highest BCUT2D eigenvalue weighted by molar-refractivity contribution is 8.55. The number of benzene rings is 1. The van der Waals surface area contributed by atoms with Gasteiger partial charge in [-0.2, -0.15) is 0 Å². The first-order chi connectivity index (χ1) is 7.89. The van der Waals surface area contributed by atoms with Crippen LogP contribution in [-0.4, -0.2) is 29.9 Å². The Hall–Kier alpha value is -1.04. The highest BCUT2D eigenvalue weighted by atomic mass is 32.7. The number of nitro benzene ring substituents is 1. The van der Waals surface area contributed by atoms with E-state index in [-0.39, 0.29) is 5.69 Å². The molecule has 1 aromatic rings. The Labute approximate surface area is 103 Å². The monoisotopic (exact) mass is 276 g/mol. The van der Waals surface area contributed by atoms with Gasteiger partial charge in [-0.3, -0.25) is 10.1 Å². The molecular formula is C9H13N2O4PS. The minimum absolute atomic E-state index is 0.0267. The fraction of sp³-hybridized carbons (Fsp3) is 0.333. The van der Waals surface area contributed by atoms with Crippen molar-refractivity contribution in [3.8, 4) is 5.75 Å². The van der Waals surface area contributed by atoms with Crippen LogP contribution in [0.5, 0.6) is 5.75 Å². The van der Waals surface area contributed by atoms with Crippen molar-refractivity contribution in [2.45, 2.75) is 0 Å². The average molecular weight is 276 g/mol. The summed E-state index contributed by atoms with van der Waals surface area (Å²) in [6.45, 7) is -2.95. The number of rotatable bonds is 5. The highest BCUT2D eigenvalue weighted by Crippen LogP contribution is 2.59. The van der Waals surface area contributed by atoms with Crippen LogP contribution in [0.2, 0.25) is 0 Å². The van der Waals surface area contributed by atoms with E-state index in [1.165, 1.54) is 28.9 Å². The van der Waals surface area contributed by atoms with Crippen LogP contribution in [0.25, 0.3) is 0 Å². The first kappa shape index (κ1) is 14.0. The Bertz CT molecular complexity index is 449. The van der Waals surface area contributed by atoms with Crippen LogP contribution in [0.4, 0.5) is 5.69 Å². The molecule has 1 aromatic carbocycles. The van der Waals surface area contributed by atoms with Gasteiger partial charge in [-0.1, -0.05) is 0 Å². The lowest BCUT2D eigenvalue weighted by atomic mass is 10.3. The van der Waals surface area contributed by atoms with Gasteiger partial charge >= 0.3 is 6.72 Å². The van der Waals surface area contributed by atoms with Gasteiger partial charge in [0.25, 0.3) is 5.69 Å². The van der Waals surface area contributed by atoms with E-state index in [2.05, 4.69) is 0 Å². The zero-order chi connectivity index (χ0) is 13.1. The van der Waals surface area contributed by atoms with Gasteiger partial charge < -0.3 is 4.52 Å². The lowest BCUT2D eigenvalue weighted by Gasteiger charge is -2.22. The van der Waals surface area contributed by atoms with Crippen LogP contribution in [0.3, 0.4) is 0 Å². The van der Waals surface area contributed by atoms with E-state index in [1.807, 2.05) is 0 Å². The second-order valence-corrected chi connectivity index (χ2v) is 8.11. The van der Waals surface area contributed by atoms with Gasteiger partial charge in [-0.25, -0.2) is 9.24 Å². The summed E-state index contributed by atoms with van der Waals surface area (Å²) < 4.78 is 19.1. The molecule has 0 fully saturated rings.